The lowest BCUT2D eigenvalue weighted by atomic mass is 9.71. The number of anilines is 1. The van der Waals surface area contributed by atoms with E-state index < -0.39 is 5.97 Å². The zero-order chi connectivity index (χ0) is 19.3. The van der Waals surface area contributed by atoms with Gasteiger partial charge in [-0.25, -0.2) is 14.5 Å². The molecule has 10 heteroatoms. The lowest BCUT2D eigenvalue weighted by molar-refractivity contribution is -0.119. The molecule has 0 aromatic carbocycles. The van der Waals surface area contributed by atoms with Gasteiger partial charge in [-0.1, -0.05) is 26.2 Å². The molecule has 1 amide bonds. The number of hydrogen-bond acceptors (Lipinski definition) is 8. The number of rotatable bonds is 7. The van der Waals surface area contributed by atoms with Crippen LogP contribution in [0.15, 0.2) is 6.33 Å². The average Bonchev–Trinajstić information content (AvgIpc) is 3.31. The van der Waals surface area contributed by atoms with E-state index in [1.165, 1.54) is 24.9 Å². The monoisotopic (exact) mass is 392 g/mol. The van der Waals surface area contributed by atoms with Crippen LogP contribution in [0.4, 0.5) is 5.13 Å². The first-order valence-corrected chi connectivity index (χ1v) is 9.95. The fourth-order valence-corrected chi connectivity index (χ4v) is 4.60. The molecular formula is C17H24N6O3S. The second-order valence-corrected chi connectivity index (χ2v) is 8.01. The Morgan fingerprint density at radius 3 is 2.74 bits per heavy atom. The number of carbonyl (C=O) groups is 2. The van der Waals surface area contributed by atoms with Gasteiger partial charge in [-0.15, -0.1) is 16.4 Å². The molecule has 1 aliphatic rings. The first-order chi connectivity index (χ1) is 13.0. The number of aryl methyl sites for hydroxylation is 1. The zero-order valence-corrected chi connectivity index (χ0v) is 16.4. The van der Waals surface area contributed by atoms with Crippen molar-refractivity contribution in [3.8, 4) is 0 Å². The quantitative estimate of drug-likeness (QED) is 0.720. The van der Waals surface area contributed by atoms with E-state index in [0.717, 1.165) is 30.6 Å². The Morgan fingerprint density at radius 1 is 1.33 bits per heavy atom. The Morgan fingerprint density at radius 2 is 2.11 bits per heavy atom. The third-order valence-corrected chi connectivity index (χ3v) is 6.10. The standard InChI is InChI=1S/C17H24N6O3S/c1-3-12-14(15(25)26-2)20-16(27-12)19-13(24)9-17(7-5-4-6-8-17)10-23-11-18-21-22-23/h11H,3-10H2,1-2H3,(H,19,20,24). The maximum atomic E-state index is 12.7. The van der Waals surface area contributed by atoms with Crippen molar-refractivity contribution in [1.82, 2.24) is 25.2 Å². The van der Waals surface area contributed by atoms with Gasteiger partial charge >= 0.3 is 5.97 Å². The normalized spacial score (nSPS) is 16.1. The predicted molar refractivity (Wildman–Crippen MR) is 99.4 cm³/mol. The van der Waals surface area contributed by atoms with Gasteiger partial charge in [0.05, 0.1) is 13.7 Å². The van der Waals surface area contributed by atoms with Crippen LogP contribution in [-0.4, -0.2) is 44.2 Å². The Kier molecular flexibility index (Phi) is 6.15. The molecule has 1 saturated carbocycles. The molecule has 0 bridgehead atoms. The van der Waals surface area contributed by atoms with Gasteiger partial charge in [-0.05, 0) is 35.1 Å². The SMILES string of the molecule is CCc1sc(NC(=O)CC2(Cn3cnnn3)CCCCC2)nc1C(=O)OC. The molecule has 0 saturated heterocycles. The summed E-state index contributed by atoms with van der Waals surface area (Å²) in [6.45, 7) is 2.56. The topological polar surface area (TPSA) is 112 Å². The van der Waals surface area contributed by atoms with Crippen LogP contribution in [-0.2, 0) is 22.5 Å². The molecule has 2 heterocycles. The van der Waals surface area contributed by atoms with Gasteiger partial charge in [0.2, 0.25) is 5.91 Å². The van der Waals surface area contributed by atoms with Crippen molar-refractivity contribution in [2.45, 2.75) is 58.4 Å². The van der Waals surface area contributed by atoms with Gasteiger partial charge in [0.1, 0.15) is 6.33 Å². The number of aromatic nitrogens is 5. The van der Waals surface area contributed by atoms with Crippen LogP contribution in [0, 0.1) is 5.41 Å². The van der Waals surface area contributed by atoms with Crippen LogP contribution in [0.2, 0.25) is 0 Å². The van der Waals surface area contributed by atoms with Crippen molar-refractivity contribution in [2.75, 3.05) is 12.4 Å². The highest BCUT2D eigenvalue weighted by Crippen LogP contribution is 2.41. The fourth-order valence-electron chi connectivity index (χ4n) is 3.69. The highest BCUT2D eigenvalue weighted by atomic mass is 32.1. The molecule has 9 nitrogen and oxygen atoms in total. The van der Waals surface area contributed by atoms with E-state index in [4.69, 9.17) is 4.74 Å². The lowest BCUT2D eigenvalue weighted by Gasteiger charge is -2.36. The number of nitrogens with one attached hydrogen (secondary N) is 1. The fraction of sp³-hybridized carbons (Fsp3) is 0.647. The number of methoxy groups -OCH3 is 1. The number of amides is 1. The largest absolute Gasteiger partial charge is 0.464 e. The molecule has 1 N–H and O–H groups in total. The summed E-state index contributed by atoms with van der Waals surface area (Å²) < 4.78 is 6.47. The highest BCUT2D eigenvalue weighted by Gasteiger charge is 2.35. The summed E-state index contributed by atoms with van der Waals surface area (Å²) in [6, 6.07) is 0. The molecule has 0 atom stereocenters. The van der Waals surface area contributed by atoms with Gasteiger partial charge in [0, 0.05) is 11.3 Å². The summed E-state index contributed by atoms with van der Waals surface area (Å²) in [5.41, 5.74) is 0.120. The van der Waals surface area contributed by atoms with Crippen molar-refractivity contribution in [3.63, 3.8) is 0 Å². The Labute approximate surface area is 161 Å². The Balaban J connectivity index is 1.71. The number of hydrogen-bond donors (Lipinski definition) is 1. The number of tetrazole rings is 1. The number of carbonyl (C=O) groups excluding carboxylic acids is 2. The summed E-state index contributed by atoms with van der Waals surface area (Å²) >= 11 is 1.32. The second kappa shape index (κ2) is 8.55. The molecule has 3 rings (SSSR count). The zero-order valence-electron chi connectivity index (χ0n) is 15.6. The molecule has 146 valence electrons. The minimum atomic E-state index is -0.481. The van der Waals surface area contributed by atoms with Crippen molar-refractivity contribution in [1.29, 1.82) is 0 Å². The van der Waals surface area contributed by atoms with Gasteiger partial charge in [-0.2, -0.15) is 0 Å². The molecular weight excluding hydrogens is 368 g/mol. The van der Waals surface area contributed by atoms with Crippen molar-refractivity contribution < 1.29 is 14.3 Å². The summed E-state index contributed by atoms with van der Waals surface area (Å²) in [6.07, 6.45) is 7.93. The van der Waals surface area contributed by atoms with Crippen molar-refractivity contribution in [3.05, 3.63) is 16.9 Å². The first-order valence-electron chi connectivity index (χ1n) is 9.14. The summed E-state index contributed by atoms with van der Waals surface area (Å²) in [5, 5.41) is 14.7. The van der Waals surface area contributed by atoms with E-state index in [-0.39, 0.29) is 17.0 Å². The Bertz CT molecular complexity index is 783. The van der Waals surface area contributed by atoms with Crippen LogP contribution in [0.5, 0.6) is 0 Å². The minimum absolute atomic E-state index is 0.0993. The van der Waals surface area contributed by atoms with Gasteiger partial charge < -0.3 is 10.1 Å². The lowest BCUT2D eigenvalue weighted by Crippen LogP contribution is -2.34. The molecule has 0 unspecified atom stereocenters. The molecule has 2 aromatic heterocycles. The molecule has 0 radical (unpaired) electrons. The minimum Gasteiger partial charge on any atom is -0.464 e. The summed E-state index contributed by atoms with van der Waals surface area (Å²) in [4.78, 5) is 29.6. The molecule has 0 aliphatic heterocycles. The van der Waals surface area contributed by atoms with Crippen molar-refractivity contribution in [2.24, 2.45) is 5.41 Å². The van der Waals surface area contributed by atoms with Crippen LogP contribution in [0.25, 0.3) is 0 Å². The van der Waals surface area contributed by atoms with E-state index in [0.29, 0.717) is 24.5 Å². The van der Waals surface area contributed by atoms with E-state index in [2.05, 4.69) is 25.8 Å². The number of thiazole rings is 1. The third-order valence-electron chi connectivity index (χ3n) is 4.98. The molecule has 1 fully saturated rings. The average molecular weight is 392 g/mol. The second-order valence-electron chi connectivity index (χ2n) is 6.93. The smallest absolute Gasteiger partial charge is 0.357 e. The first kappa shape index (κ1) is 19.4. The van der Waals surface area contributed by atoms with Crippen LogP contribution in [0.3, 0.4) is 0 Å². The van der Waals surface area contributed by atoms with E-state index in [1.54, 1.807) is 11.0 Å². The number of ether oxygens (including phenoxy) is 1. The highest BCUT2D eigenvalue weighted by molar-refractivity contribution is 7.16. The van der Waals surface area contributed by atoms with Crippen LogP contribution >= 0.6 is 11.3 Å². The van der Waals surface area contributed by atoms with Gasteiger partial charge in [0.25, 0.3) is 0 Å². The van der Waals surface area contributed by atoms with Crippen LogP contribution in [0.1, 0.15) is 60.8 Å². The summed E-state index contributed by atoms with van der Waals surface area (Å²) in [5.74, 6) is -0.580. The molecule has 2 aromatic rings. The molecule has 27 heavy (non-hydrogen) atoms. The summed E-state index contributed by atoms with van der Waals surface area (Å²) in [7, 11) is 1.32. The molecule has 1 aliphatic carbocycles. The Hall–Kier alpha value is -2.36. The number of nitrogens with zero attached hydrogens (tertiary/aromatic N) is 5. The van der Waals surface area contributed by atoms with Crippen molar-refractivity contribution >= 4 is 28.3 Å². The number of esters is 1. The predicted octanol–water partition coefficient (Wildman–Crippen LogP) is 2.46. The van der Waals surface area contributed by atoms with E-state index in [9.17, 15) is 9.59 Å². The van der Waals surface area contributed by atoms with Crippen LogP contribution < -0.4 is 5.32 Å². The third kappa shape index (κ3) is 4.68. The van der Waals surface area contributed by atoms with Gasteiger partial charge in [-0.3, -0.25) is 4.79 Å². The van der Waals surface area contributed by atoms with E-state index >= 15 is 0 Å². The molecule has 0 spiro atoms. The van der Waals surface area contributed by atoms with Gasteiger partial charge in [0.15, 0.2) is 10.8 Å². The maximum Gasteiger partial charge on any atom is 0.357 e. The van der Waals surface area contributed by atoms with E-state index in [1.807, 2.05) is 6.92 Å². The maximum absolute atomic E-state index is 12.7.